The SMILES string of the molecule is CCOC(=O)c1nc2ccc(Cl)cn2c1N=Nc1cccc(F)c1. The van der Waals surface area contributed by atoms with Crippen LogP contribution in [0.25, 0.3) is 5.65 Å². The molecule has 0 aliphatic carbocycles. The maximum absolute atomic E-state index is 13.2. The van der Waals surface area contributed by atoms with Crippen molar-refractivity contribution >= 4 is 34.7 Å². The topological polar surface area (TPSA) is 68.3 Å². The van der Waals surface area contributed by atoms with Crippen molar-refractivity contribution in [3.8, 4) is 0 Å². The zero-order valence-corrected chi connectivity index (χ0v) is 13.4. The van der Waals surface area contributed by atoms with E-state index in [9.17, 15) is 9.18 Å². The van der Waals surface area contributed by atoms with Crippen LogP contribution in [-0.2, 0) is 4.74 Å². The second-order valence-electron chi connectivity index (χ2n) is 4.76. The molecule has 0 saturated heterocycles. The minimum atomic E-state index is -0.620. The number of ether oxygens (including phenoxy) is 1. The van der Waals surface area contributed by atoms with Gasteiger partial charge in [-0.3, -0.25) is 4.40 Å². The Balaban J connectivity index is 2.11. The van der Waals surface area contributed by atoms with Crippen LogP contribution in [0.2, 0.25) is 5.02 Å². The van der Waals surface area contributed by atoms with Crippen LogP contribution in [0.3, 0.4) is 0 Å². The number of hydrogen-bond donors (Lipinski definition) is 0. The van der Waals surface area contributed by atoms with E-state index in [1.165, 1.54) is 22.6 Å². The fourth-order valence-electron chi connectivity index (χ4n) is 2.08. The predicted octanol–water partition coefficient (Wildman–Crippen LogP) is 4.72. The average molecular weight is 347 g/mol. The lowest BCUT2D eigenvalue weighted by Gasteiger charge is -2.00. The van der Waals surface area contributed by atoms with Gasteiger partial charge in [0.1, 0.15) is 11.5 Å². The van der Waals surface area contributed by atoms with E-state index in [0.29, 0.717) is 16.4 Å². The molecule has 0 unspecified atom stereocenters. The number of carbonyl (C=O) groups excluding carboxylic acids is 1. The number of imidazole rings is 1. The summed E-state index contributed by atoms with van der Waals surface area (Å²) in [5, 5.41) is 8.46. The number of carbonyl (C=O) groups is 1. The lowest BCUT2D eigenvalue weighted by molar-refractivity contribution is 0.0521. The molecule has 122 valence electrons. The van der Waals surface area contributed by atoms with Gasteiger partial charge >= 0.3 is 5.97 Å². The Kier molecular flexibility index (Phi) is 4.52. The molecular formula is C16H12ClFN4O2. The van der Waals surface area contributed by atoms with Crippen LogP contribution >= 0.6 is 11.6 Å². The molecule has 0 spiro atoms. The van der Waals surface area contributed by atoms with E-state index in [0.717, 1.165) is 0 Å². The van der Waals surface area contributed by atoms with Crippen LogP contribution in [0.4, 0.5) is 15.9 Å². The molecule has 0 fully saturated rings. The molecule has 0 aliphatic rings. The summed E-state index contributed by atoms with van der Waals surface area (Å²) in [5.41, 5.74) is 0.789. The number of benzene rings is 1. The number of azo groups is 1. The van der Waals surface area contributed by atoms with Crippen LogP contribution in [0.5, 0.6) is 0 Å². The molecule has 0 N–H and O–H groups in total. The first-order valence-corrected chi connectivity index (χ1v) is 7.48. The third-order valence-electron chi connectivity index (χ3n) is 3.09. The monoisotopic (exact) mass is 346 g/mol. The molecule has 0 amide bonds. The predicted molar refractivity (Wildman–Crippen MR) is 86.7 cm³/mol. The summed E-state index contributed by atoms with van der Waals surface area (Å²) in [7, 11) is 0. The molecule has 0 aliphatic heterocycles. The van der Waals surface area contributed by atoms with Gasteiger partial charge in [-0.25, -0.2) is 14.2 Å². The third-order valence-corrected chi connectivity index (χ3v) is 3.32. The standard InChI is InChI=1S/C16H12ClFN4O2/c1-2-24-16(23)14-15(21-20-12-5-3-4-11(18)8-12)22-9-10(17)6-7-13(22)19-14/h3-9H,2H2,1H3. The van der Waals surface area contributed by atoms with Crippen molar-refractivity contribution in [1.82, 2.24) is 9.38 Å². The Morgan fingerprint density at radius 3 is 2.92 bits per heavy atom. The van der Waals surface area contributed by atoms with E-state index in [2.05, 4.69) is 15.2 Å². The summed E-state index contributed by atoms with van der Waals surface area (Å²) in [5.74, 6) is -0.890. The number of aromatic nitrogens is 2. The van der Waals surface area contributed by atoms with Crippen molar-refractivity contribution in [2.45, 2.75) is 6.92 Å². The first kappa shape index (κ1) is 16.1. The molecule has 0 radical (unpaired) electrons. The average Bonchev–Trinajstić information content (AvgIpc) is 2.91. The molecule has 0 saturated carbocycles. The Bertz CT molecular complexity index is 939. The second-order valence-corrected chi connectivity index (χ2v) is 5.20. The van der Waals surface area contributed by atoms with Gasteiger partial charge < -0.3 is 4.74 Å². The van der Waals surface area contributed by atoms with E-state index < -0.39 is 11.8 Å². The van der Waals surface area contributed by atoms with Crippen LogP contribution in [0, 0.1) is 5.82 Å². The highest BCUT2D eigenvalue weighted by Gasteiger charge is 2.20. The molecule has 0 bridgehead atoms. The third kappa shape index (κ3) is 3.26. The van der Waals surface area contributed by atoms with Gasteiger partial charge in [-0.15, -0.1) is 10.2 Å². The van der Waals surface area contributed by atoms with Gasteiger partial charge in [-0.05, 0) is 31.2 Å². The molecule has 2 heterocycles. The largest absolute Gasteiger partial charge is 0.461 e. The number of pyridine rings is 1. The lowest BCUT2D eigenvalue weighted by atomic mass is 10.3. The molecule has 6 nitrogen and oxygen atoms in total. The Morgan fingerprint density at radius 2 is 2.17 bits per heavy atom. The van der Waals surface area contributed by atoms with Crippen molar-refractivity contribution in [2.75, 3.05) is 6.61 Å². The smallest absolute Gasteiger partial charge is 0.360 e. The quantitative estimate of drug-likeness (QED) is 0.507. The summed E-state index contributed by atoms with van der Waals surface area (Å²) >= 11 is 5.99. The van der Waals surface area contributed by atoms with Crippen molar-refractivity contribution in [3.63, 3.8) is 0 Å². The van der Waals surface area contributed by atoms with Gasteiger partial charge in [0, 0.05) is 12.3 Å². The maximum Gasteiger partial charge on any atom is 0.360 e. The molecule has 3 aromatic rings. The number of halogens is 2. The second kappa shape index (κ2) is 6.76. The number of fused-ring (bicyclic) bond motifs is 1. The summed E-state index contributed by atoms with van der Waals surface area (Å²) in [6, 6.07) is 8.92. The van der Waals surface area contributed by atoms with E-state index in [4.69, 9.17) is 16.3 Å². The summed E-state index contributed by atoms with van der Waals surface area (Å²) in [6.07, 6.45) is 1.56. The van der Waals surface area contributed by atoms with Gasteiger partial charge in [0.15, 0.2) is 11.5 Å². The van der Waals surface area contributed by atoms with Gasteiger partial charge in [-0.2, -0.15) is 0 Å². The Labute approximate surface area is 141 Å². The number of esters is 1. The lowest BCUT2D eigenvalue weighted by Crippen LogP contribution is -2.05. The fraction of sp³-hybridized carbons (Fsp3) is 0.125. The number of nitrogens with zero attached hydrogens (tertiary/aromatic N) is 4. The molecule has 8 heteroatoms. The van der Waals surface area contributed by atoms with Gasteiger partial charge in [0.2, 0.25) is 0 Å². The van der Waals surface area contributed by atoms with Gasteiger partial charge in [0.25, 0.3) is 0 Å². The highest BCUT2D eigenvalue weighted by Crippen LogP contribution is 2.26. The van der Waals surface area contributed by atoms with Crippen LogP contribution < -0.4 is 0 Å². The zero-order chi connectivity index (χ0) is 17.1. The zero-order valence-electron chi connectivity index (χ0n) is 12.6. The molecule has 2 aromatic heterocycles. The highest BCUT2D eigenvalue weighted by atomic mass is 35.5. The first-order valence-electron chi connectivity index (χ1n) is 7.10. The van der Waals surface area contributed by atoms with E-state index in [1.807, 2.05) is 0 Å². The fourth-order valence-corrected chi connectivity index (χ4v) is 2.24. The summed E-state index contributed by atoms with van der Waals surface area (Å²) in [6.45, 7) is 1.90. The van der Waals surface area contributed by atoms with Crippen LogP contribution in [-0.4, -0.2) is 22.0 Å². The van der Waals surface area contributed by atoms with Crippen molar-refractivity contribution < 1.29 is 13.9 Å². The maximum atomic E-state index is 13.2. The molecule has 24 heavy (non-hydrogen) atoms. The van der Waals surface area contributed by atoms with Crippen LogP contribution in [0.15, 0.2) is 52.8 Å². The van der Waals surface area contributed by atoms with Crippen molar-refractivity contribution in [2.24, 2.45) is 10.2 Å². The molecule has 0 atom stereocenters. The van der Waals surface area contributed by atoms with Crippen molar-refractivity contribution in [3.05, 3.63) is 59.1 Å². The Hall–Kier alpha value is -2.80. The number of hydrogen-bond acceptors (Lipinski definition) is 5. The van der Waals surface area contributed by atoms with E-state index in [1.54, 1.807) is 31.3 Å². The number of rotatable bonds is 4. The first-order chi connectivity index (χ1) is 11.6. The molecular weight excluding hydrogens is 335 g/mol. The highest BCUT2D eigenvalue weighted by molar-refractivity contribution is 6.30. The Morgan fingerprint density at radius 1 is 1.33 bits per heavy atom. The van der Waals surface area contributed by atoms with Crippen molar-refractivity contribution in [1.29, 1.82) is 0 Å². The minimum absolute atomic E-state index is 0.0132. The van der Waals surface area contributed by atoms with Crippen LogP contribution in [0.1, 0.15) is 17.4 Å². The van der Waals surface area contributed by atoms with E-state index in [-0.39, 0.29) is 18.1 Å². The molecule has 3 rings (SSSR count). The normalized spacial score (nSPS) is 11.3. The summed E-state index contributed by atoms with van der Waals surface area (Å²) in [4.78, 5) is 16.3. The summed E-state index contributed by atoms with van der Waals surface area (Å²) < 4.78 is 19.8. The minimum Gasteiger partial charge on any atom is -0.461 e. The van der Waals surface area contributed by atoms with Gasteiger partial charge in [-0.1, -0.05) is 17.7 Å². The van der Waals surface area contributed by atoms with E-state index >= 15 is 0 Å². The van der Waals surface area contributed by atoms with Gasteiger partial charge in [0.05, 0.1) is 17.3 Å². The molecule has 1 aromatic carbocycles.